The monoisotopic (exact) mass is 325 g/mol. The third kappa shape index (κ3) is 2.03. The van der Waals surface area contributed by atoms with Crippen molar-refractivity contribution in [2.75, 3.05) is 7.11 Å². The van der Waals surface area contributed by atoms with Gasteiger partial charge in [-0.25, -0.2) is 9.37 Å². The van der Waals surface area contributed by atoms with Crippen molar-refractivity contribution in [2.24, 2.45) is 0 Å². The van der Waals surface area contributed by atoms with Crippen LogP contribution in [0, 0.1) is 12.7 Å². The van der Waals surface area contributed by atoms with E-state index in [4.69, 9.17) is 4.74 Å². The first-order valence-electron chi connectivity index (χ1n) is 7.14. The lowest BCUT2D eigenvalue weighted by atomic mass is 10.2. The van der Waals surface area contributed by atoms with E-state index in [9.17, 15) is 9.50 Å². The third-order valence-electron chi connectivity index (χ3n) is 3.71. The predicted molar refractivity (Wildman–Crippen MR) is 84.4 cm³/mol. The maximum atomic E-state index is 14.3. The van der Waals surface area contributed by atoms with E-state index in [1.54, 1.807) is 23.5 Å². The van der Waals surface area contributed by atoms with E-state index in [1.807, 2.05) is 0 Å². The van der Waals surface area contributed by atoms with Crippen molar-refractivity contribution in [1.82, 2.24) is 24.6 Å². The highest BCUT2D eigenvalue weighted by atomic mass is 19.1. The van der Waals surface area contributed by atoms with Gasteiger partial charge >= 0.3 is 0 Å². The van der Waals surface area contributed by atoms with Gasteiger partial charge in [0.2, 0.25) is 5.88 Å². The fraction of sp³-hybridized carbons (Fsp3) is 0.125. The third-order valence-corrected chi connectivity index (χ3v) is 3.71. The highest BCUT2D eigenvalue weighted by molar-refractivity contribution is 5.78. The molecule has 0 aliphatic heterocycles. The van der Waals surface area contributed by atoms with Crippen LogP contribution in [0.25, 0.3) is 28.2 Å². The van der Waals surface area contributed by atoms with E-state index in [1.165, 1.54) is 25.3 Å². The van der Waals surface area contributed by atoms with E-state index >= 15 is 0 Å². The zero-order valence-electron chi connectivity index (χ0n) is 12.9. The summed E-state index contributed by atoms with van der Waals surface area (Å²) in [5.74, 6) is 0.118. The van der Waals surface area contributed by atoms with E-state index in [0.29, 0.717) is 28.4 Å². The summed E-state index contributed by atoms with van der Waals surface area (Å²) in [6.45, 7) is 1.75. The number of phenols is 1. The molecule has 4 rings (SSSR count). The minimum absolute atomic E-state index is 0.0577. The number of methoxy groups -OCH3 is 1. The van der Waals surface area contributed by atoms with Gasteiger partial charge < -0.3 is 9.84 Å². The molecule has 0 aliphatic carbocycles. The van der Waals surface area contributed by atoms with Crippen LogP contribution in [-0.4, -0.2) is 36.8 Å². The molecular formula is C16H12FN5O2. The van der Waals surface area contributed by atoms with Gasteiger partial charge in [-0.2, -0.15) is 4.98 Å². The number of aryl methyl sites for hydroxylation is 1. The molecule has 3 aromatic heterocycles. The van der Waals surface area contributed by atoms with Gasteiger partial charge in [-0.1, -0.05) is 0 Å². The summed E-state index contributed by atoms with van der Waals surface area (Å²) in [6.07, 6.45) is 0. The molecule has 1 aromatic carbocycles. The molecule has 3 heterocycles. The summed E-state index contributed by atoms with van der Waals surface area (Å²) in [4.78, 5) is 8.78. The van der Waals surface area contributed by atoms with Gasteiger partial charge in [-0.3, -0.25) is 4.40 Å². The fourth-order valence-corrected chi connectivity index (χ4v) is 2.59. The first-order chi connectivity index (χ1) is 11.6. The van der Waals surface area contributed by atoms with Crippen molar-refractivity contribution < 1.29 is 14.2 Å². The standard InChI is InChI=1S/C16H12FN5O2/c1-8-14-21-20-12-5-6-13(24-2)19-16(12)22(14)15(18-8)10-7-9(23)3-4-11(10)17/h3-7,23H,1-2H3. The van der Waals surface area contributed by atoms with Gasteiger partial charge in [0.15, 0.2) is 17.1 Å². The molecular weight excluding hydrogens is 313 g/mol. The zero-order chi connectivity index (χ0) is 16.8. The second kappa shape index (κ2) is 5.12. The Morgan fingerprint density at radius 1 is 1.08 bits per heavy atom. The predicted octanol–water partition coefficient (Wildman–Crippen LogP) is 2.50. The van der Waals surface area contributed by atoms with Gasteiger partial charge in [0.25, 0.3) is 0 Å². The van der Waals surface area contributed by atoms with Crippen LogP contribution in [0.3, 0.4) is 0 Å². The molecule has 0 fully saturated rings. The number of aromatic hydroxyl groups is 1. The topological polar surface area (TPSA) is 85.4 Å². The molecule has 0 amide bonds. The molecule has 0 unspecified atom stereocenters. The summed E-state index contributed by atoms with van der Waals surface area (Å²) in [5, 5.41) is 18.0. The van der Waals surface area contributed by atoms with Crippen molar-refractivity contribution >= 4 is 16.8 Å². The van der Waals surface area contributed by atoms with Crippen LogP contribution in [0.4, 0.5) is 4.39 Å². The summed E-state index contributed by atoms with van der Waals surface area (Å²) in [6, 6.07) is 7.16. The smallest absolute Gasteiger partial charge is 0.215 e. The Hall–Kier alpha value is -3.29. The highest BCUT2D eigenvalue weighted by Crippen LogP contribution is 2.29. The number of nitrogens with zero attached hydrogens (tertiary/aromatic N) is 5. The molecule has 0 radical (unpaired) electrons. The summed E-state index contributed by atoms with van der Waals surface area (Å²) in [7, 11) is 1.51. The van der Waals surface area contributed by atoms with E-state index in [2.05, 4.69) is 20.2 Å². The van der Waals surface area contributed by atoms with E-state index in [0.717, 1.165) is 0 Å². The number of pyridine rings is 1. The molecule has 0 bridgehead atoms. The SMILES string of the molecule is COc1ccc2nnc3c(C)nc(-c4cc(O)ccc4F)n3c2n1. The van der Waals surface area contributed by atoms with Crippen LogP contribution in [-0.2, 0) is 0 Å². The number of hydrogen-bond donors (Lipinski definition) is 1. The summed E-state index contributed by atoms with van der Waals surface area (Å²) >= 11 is 0. The Morgan fingerprint density at radius 2 is 1.92 bits per heavy atom. The number of aromatic nitrogens is 5. The van der Waals surface area contributed by atoms with Crippen molar-refractivity contribution in [3.8, 4) is 23.0 Å². The Balaban J connectivity index is 2.16. The Labute approximate surface area is 135 Å². The van der Waals surface area contributed by atoms with Gasteiger partial charge in [0.05, 0.1) is 18.4 Å². The van der Waals surface area contributed by atoms with Gasteiger partial charge in [-0.15, -0.1) is 10.2 Å². The van der Waals surface area contributed by atoms with Crippen LogP contribution in [0.5, 0.6) is 11.6 Å². The highest BCUT2D eigenvalue weighted by Gasteiger charge is 2.19. The molecule has 8 heteroatoms. The minimum Gasteiger partial charge on any atom is -0.508 e. The number of ether oxygens (including phenoxy) is 1. The molecule has 0 saturated heterocycles. The maximum absolute atomic E-state index is 14.3. The number of imidazole rings is 1. The second-order valence-corrected chi connectivity index (χ2v) is 5.24. The number of rotatable bonds is 2. The largest absolute Gasteiger partial charge is 0.508 e. The number of fused-ring (bicyclic) bond motifs is 3. The van der Waals surface area contributed by atoms with Gasteiger partial charge in [0.1, 0.15) is 17.1 Å². The molecule has 7 nitrogen and oxygen atoms in total. The summed E-state index contributed by atoms with van der Waals surface area (Å²) in [5.41, 5.74) is 2.14. The average Bonchev–Trinajstić information content (AvgIpc) is 2.93. The number of halogens is 1. The lowest BCUT2D eigenvalue weighted by molar-refractivity contribution is 0.399. The first kappa shape index (κ1) is 14.3. The van der Waals surface area contributed by atoms with Crippen LogP contribution in [0.1, 0.15) is 5.69 Å². The lowest BCUT2D eigenvalue weighted by Crippen LogP contribution is -2.01. The Bertz CT molecular complexity index is 1090. The zero-order valence-corrected chi connectivity index (χ0v) is 12.9. The normalized spacial score (nSPS) is 11.3. The van der Waals surface area contributed by atoms with Gasteiger partial charge in [0, 0.05) is 6.07 Å². The average molecular weight is 325 g/mol. The van der Waals surface area contributed by atoms with Crippen molar-refractivity contribution in [1.29, 1.82) is 0 Å². The van der Waals surface area contributed by atoms with Crippen LogP contribution in [0.15, 0.2) is 30.3 Å². The van der Waals surface area contributed by atoms with Crippen LogP contribution in [0.2, 0.25) is 0 Å². The summed E-state index contributed by atoms with van der Waals surface area (Å²) < 4.78 is 21.1. The molecule has 4 aromatic rings. The number of phenolic OH excluding ortho intramolecular Hbond substituents is 1. The molecule has 24 heavy (non-hydrogen) atoms. The number of hydrogen-bond acceptors (Lipinski definition) is 6. The van der Waals surface area contributed by atoms with E-state index < -0.39 is 5.82 Å². The second-order valence-electron chi connectivity index (χ2n) is 5.24. The fourth-order valence-electron chi connectivity index (χ4n) is 2.59. The molecule has 1 N–H and O–H groups in total. The Kier molecular flexibility index (Phi) is 3.05. The van der Waals surface area contributed by atoms with Crippen molar-refractivity contribution in [3.05, 3.63) is 41.8 Å². The molecule has 0 aliphatic rings. The molecule has 0 saturated carbocycles. The molecule has 120 valence electrons. The van der Waals surface area contributed by atoms with Crippen LogP contribution >= 0.6 is 0 Å². The van der Waals surface area contributed by atoms with E-state index in [-0.39, 0.29) is 17.1 Å². The number of benzene rings is 1. The van der Waals surface area contributed by atoms with Crippen LogP contribution < -0.4 is 4.74 Å². The molecule has 0 atom stereocenters. The first-order valence-corrected chi connectivity index (χ1v) is 7.14. The van der Waals surface area contributed by atoms with Gasteiger partial charge in [-0.05, 0) is 31.2 Å². The van der Waals surface area contributed by atoms with Crippen molar-refractivity contribution in [3.63, 3.8) is 0 Å². The van der Waals surface area contributed by atoms with Crippen molar-refractivity contribution in [2.45, 2.75) is 6.92 Å². The maximum Gasteiger partial charge on any atom is 0.215 e. The molecule has 0 spiro atoms. The minimum atomic E-state index is -0.507. The quantitative estimate of drug-likeness (QED) is 0.609. The Morgan fingerprint density at radius 3 is 2.71 bits per heavy atom. The lowest BCUT2D eigenvalue weighted by Gasteiger charge is -2.07.